The van der Waals surface area contributed by atoms with Crippen LogP contribution in [0.25, 0.3) is 16.7 Å². The van der Waals surface area contributed by atoms with Gasteiger partial charge in [0.05, 0.1) is 11.7 Å². The Labute approximate surface area is 155 Å². The molecule has 0 saturated heterocycles. The van der Waals surface area contributed by atoms with Gasteiger partial charge < -0.3 is 0 Å². The molecule has 0 aliphatic heterocycles. The number of hydrogen-bond acceptors (Lipinski definition) is 2. The highest BCUT2D eigenvalue weighted by Crippen LogP contribution is 2.34. The molecule has 0 spiro atoms. The largest absolute Gasteiger partial charge is 0.257 e. The molecule has 26 heavy (non-hydrogen) atoms. The summed E-state index contributed by atoms with van der Waals surface area (Å²) in [4.78, 5) is 4.91. The predicted molar refractivity (Wildman–Crippen MR) is 108 cm³/mol. The van der Waals surface area contributed by atoms with E-state index in [-0.39, 0.29) is 0 Å². The average Bonchev–Trinajstić information content (AvgIpc) is 3.30. The van der Waals surface area contributed by atoms with Gasteiger partial charge >= 0.3 is 0 Å². The van der Waals surface area contributed by atoms with Gasteiger partial charge in [0.1, 0.15) is 0 Å². The molecule has 0 aromatic carbocycles. The van der Waals surface area contributed by atoms with Crippen LogP contribution in [0, 0.1) is 6.92 Å². The van der Waals surface area contributed by atoms with Gasteiger partial charge in [-0.1, -0.05) is 32.1 Å². The second-order valence-corrected chi connectivity index (χ2v) is 7.41. The average molecular weight is 343 g/mol. The first-order valence-electron chi connectivity index (χ1n) is 9.35. The highest BCUT2D eigenvalue weighted by molar-refractivity contribution is 5.83. The number of aromatic nitrogens is 3. The number of pyridine rings is 2. The second kappa shape index (κ2) is 6.56. The summed E-state index contributed by atoms with van der Waals surface area (Å²) in [5.74, 6) is 0.636. The number of hydrogen-bond donors (Lipinski definition) is 0. The fraction of sp³-hybridized carbons (Fsp3) is 0.304. The van der Waals surface area contributed by atoms with Crippen LogP contribution < -0.4 is 0 Å². The zero-order chi connectivity index (χ0) is 18.3. The van der Waals surface area contributed by atoms with Gasteiger partial charge in [0, 0.05) is 34.6 Å². The third-order valence-corrected chi connectivity index (χ3v) is 5.54. The Balaban J connectivity index is 1.70. The molecule has 3 aromatic rings. The predicted octanol–water partition coefficient (Wildman–Crippen LogP) is 5.79. The SMILES string of the molecule is C=C(c1ccn2ncc(C(=C)C)c2c1)c1ccc(C2CCCC2)nc1C. The summed E-state index contributed by atoms with van der Waals surface area (Å²) in [5, 5.41) is 4.40. The summed E-state index contributed by atoms with van der Waals surface area (Å²) in [6, 6.07) is 8.59. The Bertz CT molecular complexity index is 1000. The van der Waals surface area contributed by atoms with Crippen molar-refractivity contribution in [1.29, 1.82) is 0 Å². The van der Waals surface area contributed by atoms with E-state index in [1.165, 1.54) is 31.4 Å². The number of nitrogens with zero attached hydrogens (tertiary/aromatic N) is 3. The molecule has 3 aromatic heterocycles. The monoisotopic (exact) mass is 343 g/mol. The summed E-state index contributed by atoms with van der Waals surface area (Å²) in [5.41, 5.74) is 8.67. The van der Waals surface area contributed by atoms with Gasteiger partial charge in [-0.2, -0.15) is 5.10 Å². The van der Waals surface area contributed by atoms with Gasteiger partial charge in [-0.25, -0.2) is 4.52 Å². The lowest BCUT2D eigenvalue weighted by atomic mass is 9.96. The standard InChI is InChI=1S/C23H25N3/c1-15(2)21-14-24-26-12-11-19(13-23(21)26)16(3)20-9-10-22(25-17(20)4)18-7-5-6-8-18/h9-14,18H,1,3,5-8H2,2,4H3. The highest BCUT2D eigenvalue weighted by atomic mass is 15.2. The molecule has 1 saturated carbocycles. The third kappa shape index (κ3) is 2.88. The van der Waals surface area contributed by atoms with E-state index in [0.29, 0.717) is 5.92 Å². The quantitative estimate of drug-likeness (QED) is 0.600. The van der Waals surface area contributed by atoms with Crippen molar-refractivity contribution in [2.75, 3.05) is 0 Å². The normalized spacial score (nSPS) is 14.8. The first-order valence-corrected chi connectivity index (χ1v) is 9.35. The molecular formula is C23H25N3. The molecule has 0 atom stereocenters. The Morgan fingerprint density at radius 2 is 1.88 bits per heavy atom. The second-order valence-electron chi connectivity index (χ2n) is 7.41. The highest BCUT2D eigenvalue weighted by Gasteiger charge is 2.19. The van der Waals surface area contributed by atoms with Gasteiger partial charge in [0.2, 0.25) is 0 Å². The van der Waals surface area contributed by atoms with E-state index in [9.17, 15) is 0 Å². The van der Waals surface area contributed by atoms with Crippen LogP contribution in [0.3, 0.4) is 0 Å². The van der Waals surface area contributed by atoms with E-state index in [4.69, 9.17) is 4.98 Å². The maximum Gasteiger partial charge on any atom is 0.0742 e. The van der Waals surface area contributed by atoms with Crippen molar-refractivity contribution in [3.05, 3.63) is 77.9 Å². The Morgan fingerprint density at radius 1 is 1.12 bits per heavy atom. The van der Waals surface area contributed by atoms with Crippen LogP contribution in [0.5, 0.6) is 0 Å². The first kappa shape index (κ1) is 16.8. The summed E-state index contributed by atoms with van der Waals surface area (Å²) in [6.07, 6.45) is 9.06. The van der Waals surface area contributed by atoms with Gasteiger partial charge in [0.15, 0.2) is 0 Å². The molecule has 1 aliphatic carbocycles. The van der Waals surface area contributed by atoms with E-state index in [1.54, 1.807) is 0 Å². The molecule has 1 aliphatic rings. The molecule has 132 valence electrons. The zero-order valence-corrected chi connectivity index (χ0v) is 15.6. The fourth-order valence-electron chi connectivity index (χ4n) is 4.00. The topological polar surface area (TPSA) is 30.2 Å². The number of rotatable bonds is 4. The van der Waals surface area contributed by atoms with Gasteiger partial charge in [-0.05, 0) is 61.6 Å². The third-order valence-electron chi connectivity index (χ3n) is 5.54. The minimum absolute atomic E-state index is 0.636. The van der Waals surface area contributed by atoms with Gasteiger partial charge in [-0.15, -0.1) is 0 Å². The minimum Gasteiger partial charge on any atom is -0.257 e. The van der Waals surface area contributed by atoms with Gasteiger partial charge in [-0.3, -0.25) is 4.98 Å². The van der Waals surface area contributed by atoms with E-state index >= 15 is 0 Å². The smallest absolute Gasteiger partial charge is 0.0742 e. The van der Waals surface area contributed by atoms with Crippen LogP contribution in [0.1, 0.15) is 66.6 Å². The Kier molecular flexibility index (Phi) is 4.23. The van der Waals surface area contributed by atoms with Crippen molar-refractivity contribution in [3.63, 3.8) is 0 Å². The van der Waals surface area contributed by atoms with E-state index < -0.39 is 0 Å². The number of fused-ring (bicyclic) bond motifs is 1. The number of aryl methyl sites for hydroxylation is 1. The van der Waals surface area contributed by atoms with Crippen LogP contribution in [0.4, 0.5) is 0 Å². The molecule has 0 N–H and O–H groups in total. The molecule has 3 nitrogen and oxygen atoms in total. The summed E-state index contributed by atoms with van der Waals surface area (Å²) in [7, 11) is 0. The van der Waals surface area contributed by atoms with Gasteiger partial charge in [0.25, 0.3) is 0 Å². The lowest BCUT2D eigenvalue weighted by molar-refractivity contribution is 0.694. The van der Waals surface area contributed by atoms with Crippen molar-refractivity contribution in [3.8, 4) is 0 Å². The lowest BCUT2D eigenvalue weighted by Crippen LogP contribution is -2.01. The summed E-state index contributed by atoms with van der Waals surface area (Å²) < 4.78 is 1.88. The molecule has 1 fully saturated rings. The van der Waals surface area contributed by atoms with Crippen LogP contribution in [0.2, 0.25) is 0 Å². The first-order chi connectivity index (χ1) is 12.5. The van der Waals surface area contributed by atoms with Crippen LogP contribution >= 0.6 is 0 Å². The fourth-order valence-corrected chi connectivity index (χ4v) is 4.00. The maximum atomic E-state index is 4.91. The van der Waals surface area contributed by atoms with Crippen molar-refractivity contribution < 1.29 is 0 Å². The van der Waals surface area contributed by atoms with E-state index in [2.05, 4.69) is 49.4 Å². The zero-order valence-electron chi connectivity index (χ0n) is 15.6. The molecule has 3 heterocycles. The maximum absolute atomic E-state index is 4.91. The Morgan fingerprint density at radius 3 is 2.58 bits per heavy atom. The molecular weight excluding hydrogens is 318 g/mol. The summed E-state index contributed by atoms with van der Waals surface area (Å²) in [6.45, 7) is 12.5. The van der Waals surface area contributed by atoms with E-state index in [1.807, 2.05) is 23.8 Å². The molecule has 3 heteroatoms. The van der Waals surface area contributed by atoms with Crippen molar-refractivity contribution in [1.82, 2.24) is 14.6 Å². The van der Waals surface area contributed by atoms with Crippen molar-refractivity contribution >= 4 is 16.7 Å². The van der Waals surface area contributed by atoms with Crippen molar-refractivity contribution in [2.24, 2.45) is 0 Å². The summed E-state index contributed by atoms with van der Waals surface area (Å²) >= 11 is 0. The van der Waals surface area contributed by atoms with Crippen LogP contribution in [0.15, 0.2) is 49.8 Å². The van der Waals surface area contributed by atoms with E-state index in [0.717, 1.165) is 39.0 Å². The molecule has 0 radical (unpaired) electrons. The van der Waals surface area contributed by atoms with Crippen LogP contribution in [-0.2, 0) is 0 Å². The van der Waals surface area contributed by atoms with Crippen LogP contribution in [-0.4, -0.2) is 14.6 Å². The molecule has 0 amide bonds. The lowest BCUT2D eigenvalue weighted by Gasteiger charge is -2.14. The Hall–Kier alpha value is -2.68. The molecule has 4 rings (SSSR count). The molecule has 0 unspecified atom stereocenters. The number of allylic oxidation sites excluding steroid dienone is 1. The van der Waals surface area contributed by atoms with Crippen molar-refractivity contribution in [2.45, 2.75) is 45.4 Å². The molecule has 0 bridgehead atoms. The minimum atomic E-state index is 0.636.